The van der Waals surface area contributed by atoms with Crippen LogP contribution in [0.25, 0.3) is 0 Å². The van der Waals surface area contributed by atoms with Crippen molar-refractivity contribution in [2.24, 2.45) is 0 Å². The van der Waals surface area contributed by atoms with Crippen molar-refractivity contribution in [3.63, 3.8) is 0 Å². The molecule has 5 heteroatoms. The van der Waals surface area contributed by atoms with E-state index in [1.54, 1.807) is 12.1 Å². The van der Waals surface area contributed by atoms with Gasteiger partial charge in [0.2, 0.25) is 0 Å². The molecule has 0 aromatic heterocycles. The number of piperazine rings is 1. The second-order valence-electron chi connectivity index (χ2n) is 5.48. The van der Waals surface area contributed by atoms with Gasteiger partial charge in [-0.2, -0.15) is 0 Å². The topological polar surface area (TPSA) is 43.8 Å². The van der Waals surface area contributed by atoms with Crippen LogP contribution < -0.4 is 0 Å². The van der Waals surface area contributed by atoms with E-state index >= 15 is 0 Å². The number of hydrogen-bond acceptors (Lipinski definition) is 3. The smallest absolute Gasteiger partial charge is 0.325 e. The molecule has 2 atom stereocenters. The van der Waals surface area contributed by atoms with Crippen molar-refractivity contribution in [2.75, 3.05) is 26.2 Å². The molecule has 0 amide bonds. The van der Waals surface area contributed by atoms with E-state index in [1.165, 1.54) is 0 Å². The Morgan fingerprint density at radius 1 is 1.43 bits per heavy atom. The van der Waals surface area contributed by atoms with E-state index in [0.717, 1.165) is 38.2 Å². The number of carboxylic acid groups (broad SMARTS) is 1. The summed E-state index contributed by atoms with van der Waals surface area (Å²) in [5.41, 5.74) is 0.759. The highest BCUT2D eigenvalue weighted by Gasteiger charge is 2.33. The van der Waals surface area contributed by atoms with Gasteiger partial charge >= 0.3 is 5.97 Å². The number of halogens is 1. The van der Waals surface area contributed by atoms with E-state index in [1.807, 2.05) is 12.1 Å². The van der Waals surface area contributed by atoms with Crippen molar-refractivity contribution in [1.82, 2.24) is 9.80 Å². The molecule has 1 aromatic rings. The van der Waals surface area contributed by atoms with Crippen LogP contribution in [0.4, 0.5) is 0 Å². The quantitative estimate of drug-likeness (QED) is 0.908. The first-order chi connectivity index (χ1) is 10.1. The lowest BCUT2D eigenvalue weighted by molar-refractivity contribution is -0.145. The Labute approximate surface area is 131 Å². The van der Waals surface area contributed by atoms with Gasteiger partial charge in [0.05, 0.1) is 0 Å². The third-order valence-electron chi connectivity index (χ3n) is 4.28. The molecule has 0 radical (unpaired) electrons. The molecule has 1 saturated heterocycles. The summed E-state index contributed by atoms with van der Waals surface area (Å²) in [4.78, 5) is 16.2. The Morgan fingerprint density at radius 3 is 2.76 bits per heavy atom. The van der Waals surface area contributed by atoms with Gasteiger partial charge in [-0.15, -0.1) is 0 Å². The lowest BCUT2D eigenvalue weighted by Crippen LogP contribution is -2.54. The number of aliphatic carboxylic acids is 1. The summed E-state index contributed by atoms with van der Waals surface area (Å²) in [5.74, 6) is -0.808. The van der Waals surface area contributed by atoms with Crippen molar-refractivity contribution >= 4 is 17.6 Å². The van der Waals surface area contributed by atoms with Crippen molar-refractivity contribution in [1.29, 1.82) is 0 Å². The molecule has 1 N–H and O–H groups in total. The zero-order chi connectivity index (χ0) is 15.4. The minimum Gasteiger partial charge on any atom is -0.480 e. The van der Waals surface area contributed by atoms with Gasteiger partial charge < -0.3 is 5.11 Å². The molecule has 1 heterocycles. The monoisotopic (exact) mass is 310 g/mol. The van der Waals surface area contributed by atoms with Crippen molar-refractivity contribution in [2.45, 2.75) is 32.4 Å². The molecular formula is C16H23ClN2O2. The van der Waals surface area contributed by atoms with E-state index in [9.17, 15) is 9.90 Å². The number of rotatable bonds is 5. The number of carbonyl (C=O) groups is 1. The number of benzene rings is 1. The Hall–Kier alpha value is -1.10. The lowest BCUT2D eigenvalue weighted by atomic mass is 10.0. The Bertz CT molecular complexity index is 495. The fraction of sp³-hybridized carbons (Fsp3) is 0.562. The van der Waals surface area contributed by atoms with Gasteiger partial charge in [-0.1, -0.05) is 37.6 Å². The number of nitrogens with zero attached hydrogens (tertiary/aromatic N) is 2. The highest BCUT2D eigenvalue weighted by molar-refractivity contribution is 6.30. The minimum atomic E-state index is -0.808. The number of carboxylic acids is 1. The maximum absolute atomic E-state index is 11.8. The van der Waals surface area contributed by atoms with Crippen molar-refractivity contribution < 1.29 is 9.90 Å². The first-order valence-corrected chi connectivity index (χ1v) is 7.91. The molecular weight excluding hydrogens is 288 g/mol. The van der Waals surface area contributed by atoms with Crippen LogP contribution in [-0.2, 0) is 4.79 Å². The van der Waals surface area contributed by atoms with Gasteiger partial charge in [-0.25, -0.2) is 0 Å². The first-order valence-electron chi connectivity index (χ1n) is 7.53. The fourth-order valence-electron chi connectivity index (χ4n) is 3.14. The highest BCUT2D eigenvalue weighted by atomic mass is 35.5. The third-order valence-corrected chi connectivity index (χ3v) is 4.51. The van der Waals surface area contributed by atoms with Gasteiger partial charge in [-0.3, -0.25) is 14.6 Å². The molecule has 2 rings (SSSR count). The molecule has 1 aliphatic heterocycles. The van der Waals surface area contributed by atoms with Gasteiger partial charge in [0.15, 0.2) is 0 Å². The summed E-state index contributed by atoms with van der Waals surface area (Å²) in [6.45, 7) is 7.80. The van der Waals surface area contributed by atoms with Crippen LogP contribution in [0.3, 0.4) is 0 Å². The predicted molar refractivity (Wildman–Crippen MR) is 84.7 cm³/mol. The summed E-state index contributed by atoms with van der Waals surface area (Å²) in [6, 6.07) is 6.99. The maximum Gasteiger partial charge on any atom is 0.325 e. The Kier molecular flexibility index (Phi) is 5.62. The summed E-state index contributed by atoms with van der Waals surface area (Å²) >= 11 is 6.01. The minimum absolute atomic E-state index is 0.421. The molecule has 0 aliphatic carbocycles. The normalized spacial score (nSPS) is 22.1. The van der Waals surface area contributed by atoms with Crippen LogP contribution >= 0.6 is 11.6 Å². The van der Waals surface area contributed by atoms with E-state index < -0.39 is 12.0 Å². The van der Waals surface area contributed by atoms with Gasteiger partial charge in [0.25, 0.3) is 0 Å². The molecule has 1 aliphatic rings. The molecule has 2 unspecified atom stereocenters. The Balaban J connectivity index is 2.21. The zero-order valence-corrected chi connectivity index (χ0v) is 13.4. The molecule has 1 aromatic carbocycles. The largest absolute Gasteiger partial charge is 0.480 e. The summed E-state index contributed by atoms with van der Waals surface area (Å²) in [5, 5.41) is 10.2. The molecule has 1 fully saturated rings. The van der Waals surface area contributed by atoms with Gasteiger partial charge in [0.1, 0.15) is 6.04 Å². The van der Waals surface area contributed by atoms with Gasteiger partial charge in [0, 0.05) is 30.7 Å². The molecule has 0 bridgehead atoms. The van der Waals surface area contributed by atoms with Crippen molar-refractivity contribution in [3.05, 3.63) is 34.9 Å². The fourth-order valence-corrected chi connectivity index (χ4v) is 3.34. The van der Waals surface area contributed by atoms with Crippen LogP contribution in [0, 0.1) is 0 Å². The third kappa shape index (κ3) is 3.76. The summed E-state index contributed by atoms with van der Waals surface area (Å²) in [7, 11) is 0. The first kappa shape index (κ1) is 16.3. The van der Waals surface area contributed by atoms with Crippen molar-refractivity contribution in [3.8, 4) is 0 Å². The van der Waals surface area contributed by atoms with Crippen LogP contribution in [0.15, 0.2) is 24.3 Å². The molecule has 4 nitrogen and oxygen atoms in total. The predicted octanol–water partition coefficient (Wildman–Crippen LogP) is 2.88. The average molecular weight is 311 g/mol. The summed E-state index contributed by atoms with van der Waals surface area (Å²) in [6.07, 6.45) is 1.03. The molecule has 0 saturated carbocycles. The molecule has 116 valence electrons. The van der Waals surface area contributed by atoms with Crippen LogP contribution in [0.1, 0.15) is 31.9 Å². The van der Waals surface area contributed by atoms with Crippen LogP contribution in [0.2, 0.25) is 5.02 Å². The Morgan fingerprint density at radius 2 is 2.19 bits per heavy atom. The average Bonchev–Trinajstić information content (AvgIpc) is 2.47. The van der Waals surface area contributed by atoms with E-state index in [0.29, 0.717) is 11.1 Å². The molecule has 0 spiro atoms. The number of likely N-dealkylation sites (N-methyl/N-ethyl adjacent to an activating group) is 1. The van der Waals surface area contributed by atoms with E-state index in [4.69, 9.17) is 11.6 Å². The van der Waals surface area contributed by atoms with E-state index in [2.05, 4.69) is 23.6 Å². The lowest BCUT2D eigenvalue weighted by Gasteiger charge is -2.43. The highest BCUT2D eigenvalue weighted by Crippen LogP contribution is 2.27. The van der Waals surface area contributed by atoms with Crippen LogP contribution in [0.5, 0.6) is 0 Å². The standard InChI is InChI=1S/C16H23ClN2O2/c1-3-14-11-19(9-8-18(14)4-2)15(16(20)21)12-6-5-7-13(17)10-12/h5-7,10,14-15H,3-4,8-9,11H2,1-2H3,(H,20,21). The van der Waals surface area contributed by atoms with Crippen LogP contribution in [-0.4, -0.2) is 53.1 Å². The maximum atomic E-state index is 11.8. The number of hydrogen-bond donors (Lipinski definition) is 1. The second kappa shape index (κ2) is 7.25. The zero-order valence-electron chi connectivity index (χ0n) is 12.6. The SMILES string of the molecule is CCC1CN(C(C(=O)O)c2cccc(Cl)c2)CCN1CC. The van der Waals surface area contributed by atoms with Gasteiger partial charge in [-0.05, 0) is 30.7 Å². The van der Waals surface area contributed by atoms with E-state index in [-0.39, 0.29) is 0 Å². The molecule has 21 heavy (non-hydrogen) atoms. The second-order valence-corrected chi connectivity index (χ2v) is 5.92. The summed E-state index contributed by atoms with van der Waals surface area (Å²) < 4.78 is 0.